The Hall–Kier alpha value is -1.95. The van der Waals surface area contributed by atoms with Gasteiger partial charge in [-0.2, -0.15) is 5.26 Å². The second-order valence-corrected chi connectivity index (χ2v) is 7.57. The molecule has 1 fully saturated rings. The number of anilines is 1. The second kappa shape index (κ2) is 15.0. The maximum absolute atomic E-state index is 9.73. The van der Waals surface area contributed by atoms with Crippen LogP contribution in [0.3, 0.4) is 0 Å². The van der Waals surface area contributed by atoms with E-state index in [0.29, 0.717) is 49.6 Å². The van der Waals surface area contributed by atoms with Crippen molar-refractivity contribution in [1.82, 2.24) is 10.3 Å². The van der Waals surface area contributed by atoms with Gasteiger partial charge in [0.05, 0.1) is 51.6 Å². The molecule has 2 heterocycles. The lowest BCUT2D eigenvalue weighted by atomic mass is 10.0. The zero-order chi connectivity index (χ0) is 23.2. The molecule has 1 saturated heterocycles. The number of nitrogens with zero attached hydrogens (tertiary/aromatic N) is 2. The summed E-state index contributed by atoms with van der Waals surface area (Å²) in [4.78, 5) is 4.27. The average molecular weight is 471 g/mol. The Balaban J connectivity index is 1.44. The summed E-state index contributed by atoms with van der Waals surface area (Å²) in [6.45, 7) is 5.85. The molecule has 12 heteroatoms. The highest BCUT2D eigenvalue weighted by Crippen LogP contribution is 2.21. The summed E-state index contributed by atoms with van der Waals surface area (Å²) in [7, 11) is 0. The van der Waals surface area contributed by atoms with Crippen molar-refractivity contribution in [2.24, 2.45) is 0 Å². The van der Waals surface area contributed by atoms with Crippen LogP contribution in [0.4, 0.5) is 5.82 Å². The van der Waals surface area contributed by atoms with Crippen molar-refractivity contribution >= 4 is 17.6 Å². The summed E-state index contributed by atoms with van der Waals surface area (Å²) in [6.07, 6.45) is -3.53. The number of aliphatic hydroxyl groups excluding tert-OH is 3. The molecule has 178 valence electrons. The summed E-state index contributed by atoms with van der Waals surface area (Å²) < 4.78 is 21.7. The molecule has 0 spiro atoms. The van der Waals surface area contributed by atoms with Gasteiger partial charge in [-0.3, -0.25) is 0 Å². The number of nitrogens with one attached hydrogen (secondary N) is 2. The number of hydrogen-bond donors (Lipinski definition) is 5. The maximum atomic E-state index is 9.73. The van der Waals surface area contributed by atoms with Crippen LogP contribution in [0.25, 0.3) is 0 Å². The zero-order valence-corrected chi connectivity index (χ0v) is 18.5. The molecule has 0 saturated carbocycles. The van der Waals surface area contributed by atoms with Crippen molar-refractivity contribution in [3.8, 4) is 5.40 Å². The Labute approximate surface area is 191 Å². The lowest BCUT2D eigenvalue weighted by Gasteiger charge is -2.35. The molecular formula is C20H30N4O7S. The first-order valence-corrected chi connectivity index (χ1v) is 11.0. The molecule has 1 aromatic heterocycles. The monoisotopic (exact) mass is 470 g/mol. The van der Waals surface area contributed by atoms with E-state index < -0.39 is 31.2 Å². The zero-order valence-electron chi connectivity index (χ0n) is 17.7. The predicted molar refractivity (Wildman–Crippen MR) is 116 cm³/mol. The van der Waals surface area contributed by atoms with Crippen LogP contribution in [-0.4, -0.2) is 91.1 Å². The smallest absolute Gasteiger partial charge is 0.160 e. The fourth-order valence-electron chi connectivity index (χ4n) is 2.80. The average Bonchev–Trinajstić information content (AvgIpc) is 2.77. The van der Waals surface area contributed by atoms with Crippen LogP contribution in [0, 0.1) is 10.7 Å². The molecule has 0 amide bonds. The molecule has 2 unspecified atom stereocenters. The molecule has 1 aromatic rings. The minimum Gasteiger partial charge on any atom is -0.394 e. The van der Waals surface area contributed by atoms with E-state index in [-0.39, 0.29) is 13.0 Å². The van der Waals surface area contributed by atoms with Gasteiger partial charge in [-0.05, 0) is 12.1 Å². The molecule has 32 heavy (non-hydrogen) atoms. The van der Waals surface area contributed by atoms with E-state index in [0.717, 1.165) is 11.8 Å². The molecular weight excluding hydrogens is 440 g/mol. The van der Waals surface area contributed by atoms with Gasteiger partial charge in [0.15, 0.2) is 6.29 Å². The maximum Gasteiger partial charge on any atom is 0.160 e. The summed E-state index contributed by atoms with van der Waals surface area (Å²) in [6, 6.07) is 5.34. The van der Waals surface area contributed by atoms with Gasteiger partial charge >= 0.3 is 0 Å². The highest BCUT2D eigenvalue weighted by molar-refractivity contribution is 8.03. The molecule has 5 N–H and O–H groups in total. The van der Waals surface area contributed by atoms with E-state index in [2.05, 4.69) is 22.2 Å². The van der Waals surface area contributed by atoms with E-state index in [9.17, 15) is 10.2 Å². The standard InChI is InChI=1S/C20H30N4O7S/c1-14(23-17-3-2-4-18(24-17)32-13-21)22-5-6-28-7-8-29-9-10-30-19-11-15(26)20(27)16(12-25)31-19/h2-4,15-16,19-20,22,25-27H,1,5-12H2,(H,23,24)/t15-,16?,19-,20?/m1/s1. The minimum absolute atomic E-state index is 0.133. The number of thiocyanates is 1. The van der Waals surface area contributed by atoms with E-state index in [1.54, 1.807) is 18.2 Å². The van der Waals surface area contributed by atoms with Crippen molar-refractivity contribution in [3.05, 3.63) is 30.6 Å². The van der Waals surface area contributed by atoms with Gasteiger partial charge in [0, 0.05) is 24.7 Å². The first kappa shape index (κ1) is 26.3. The molecule has 2 rings (SSSR count). The van der Waals surface area contributed by atoms with Gasteiger partial charge in [0.25, 0.3) is 0 Å². The Bertz CT molecular complexity index is 736. The van der Waals surface area contributed by atoms with E-state index in [1.807, 2.05) is 5.40 Å². The van der Waals surface area contributed by atoms with Crippen LogP contribution < -0.4 is 10.6 Å². The number of rotatable bonds is 15. The molecule has 0 radical (unpaired) electrons. The van der Waals surface area contributed by atoms with E-state index in [4.69, 9.17) is 29.3 Å². The topological polar surface area (TPSA) is 158 Å². The van der Waals surface area contributed by atoms with E-state index in [1.165, 1.54) is 0 Å². The van der Waals surface area contributed by atoms with Crippen molar-refractivity contribution in [3.63, 3.8) is 0 Å². The number of hydrogen-bond acceptors (Lipinski definition) is 12. The van der Waals surface area contributed by atoms with Crippen LogP contribution in [0.1, 0.15) is 6.42 Å². The van der Waals surface area contributed by atoms with Gasteiger partial charge in [-0.15, -0.1) is 0 Å². The van der Waals surface area contributed by atoms with E-state index >= 15 is 0 Å². The van der Waals surface area contributed by atoms with Crippen LogP contribution >= 0.6 is 11.8 Å². The third kappa shape index (κ3) is 9.68. The summed E-state index contributed by atoms with van der Waals surface area (Å²) in [5, 5.41) is 45.9. The predicted octanol–water partition coefficient (Wildman–Crippen LogP) is 0.00638. The van der Waals surface area contributed by atoms with Crippen molar-refractivity contribution in [2.75, 3.05) is 51.5 Å². The van der Waals surface area contributed by atoms with Gasteiger partial charge in [-0.1, -0.05) is 12.6 Å². The van der Waals surface area contributed by atoms with Crippen LogP contribution in [0.5, 0.6) is 0 Å². The number of thioether (sulfide) groups is 1. The van der Waals surface area contributed by atoms with Crippen LogP contribution in [-0.2, 0) is 18.9 Å². The summed E-state index contributed by atoms with van der Waals surface area (Å²) in [5.41, 5.74) is 0. The van der Waals surface area contributed by atoms with Crippen LogP contribution in [0.2, 0.25) is 0 Å². The Morgan fingerprint density at radius 1 is 1.25 bits per heavy atom. The number of aliphatic hydroxyl groups is 3. The fraction of sp³-hybridized carbons (Fsp3) is 0.600. The summed E-state index contributed by atoms with van der Waals surface area (Å²) in [5.74, 6) is 1.16. The highest BCUT2D eigenvalue weighted by atomic mass is 32.2. The molecule has 1 aliphatic rings. The molecule has 0 aromatic carbocycles. The lowest BCUT2D eigenvalue weighted by molar-refractivity contribution is -0.259. The lowest BCUT2D eigenvalue weighted by Crippen LogP contribution is -2.50. The number of pyridine rings is 1. The molecule has 11 nitrogen and oxygen atoms in total. The van der Waals surface area contributed by atoms with Crippen LogP contribution in [0.15, 0.2) is 35.6 Å². The SMILES string of the molecule is C=C(NCCOCCOCCO[C@H]1C[C@@H](O)C(O)C(CO)O1)Nc1cccc(SC#N)n1. The normalized spacial score (nSPS) is 22.8. The van der Waals surface area contributed by atoms with Crippen molar-refractivity contribution < 1.29 is 34.3 Å². The first-order chi connectivity index (χ1) is 15.5. The number of ether oxygens (including phenoxy) is 4. The minimum atomic E-state index is -1.12. The number of nitriles is 1. The summed E-state index contributed by atoms with van der Waals surface area (Å²) >= 11 is 0.989. The van der Waals surface area contributed by atoms with Gasteiger partial charge < -0.3 is 44.9 Å². The van der Waals surface area contributed by atoms with Crippen molar-refractivity contribution in [2.45, 2.75) is 36.0 Å². The van der Waals surface area contributed by atoms with Crippen molar-refractivity contribution in [1.29, 1.82) is 5.26 Å². The third-order valence-electron chi connectivity index (χ3n) is 4.36. The largest absolute Gasteiger partial charge is 0.394 e. The molecule has 0 bridgehead atoms. The molecule has 0 aliphatic carbocycles. The Morgan fingerprint density at radius 3 is 2.75 bits per heavy atom. The number of aromatic nitrogens is 1. The second-order valence-electron chi connectivity index (χ2n) is 6.76. The fourth-order valence-corrected chi connectivity index (χ4v) is 3.18. The first-order valence-electron chi connectivity index (χ1n) is 10.2. The highest BCUT2D eigenvalue weighted by Gasteiger charge is 2.36. The molecule has 1 aliphatic heterocycles. The quantitative estimate of drug-likeness (QED) is 0.133. The molecule has 4 atom stereocenters. The van der Waals surface area contributed by atoms with Gasteiger partial charge in [-0.25, -0.2) is 4.98 Å². The van der Waals surface area contributed by atoms with Gasteiger partial charge in [0.2, 0.25) is 0 Å². The third-order valence-corrected chi connectivity index (χ3v) is 4.88. The Kier molecular flexibility index (Phi) is 12.3. The Morgan fingerprint density at radius 2 is 2.00 bits per heavy atom. The van der Waals surface area contributed by atoms with Gasteiger partial charge in [0.1, 0.15) is 28.5 Å².